The van der Waals surface area contributed by atoms with Crippen LogP contribution in [0.2, 0.25) is 0 Å². The second-order valence-corrected chi connectivity index (χ2v) is 8.18. The molecule has 4 aromatic rings. The minimum absolute atomic E-state index is 0. The van der Waals surface area contributed by atoms with Crippen molar-refractivity contribution in [1.29, 1.82) is 0 Å². The molecule has 0 saturated heterocycles. The van der Waals surface area contributed by atoms with Crippen LogP contribution in [0.5, 0.6) is 0 Å². The number of unbranched alkanes of at least 4 members (excludes halogenated alkanes) is 2. The summed E-state index contributed by atoms with van der Waals surface area (Å²) in [6.45, 7) is 0.524. The van der Waals surface area contributed by atoms with E-state index < -0.39 is 11.6 Å². The molecule has 7 nitrogen and oxygen atoms in total. The summed E-state index contributed by atoms with van der Waals surface area (Å²) >= 11 is 4.35. The Kier molecular flexibility index (Phi) is 20.9. The van der Waals surface area contributed by atoms with Crippen LogP contribution in [0.3, 0.4) is 0 Å². The Bertz CT molecular complexity index is 1320. The summed E-state index contributed by atoms with van der Waals surface area (Å²) in [7, 11) is 1.00. The van der Waals surface area contributed by atoms with E-state index in [1.165, 1.54) is 22.5 Å². The maximum absolute atomic E-state index is 13.3. The fraction of sp³-hybridized carbons (Fsp3) is 0.214. The summed E-state index contributed by atoms with van der Waals surface area (Å²) in [4.78, 5) is 7.90. The zero-order valence-corrected chi connectivity index (χ0v) is 28.8. The molecule has 0 atom stereocenters. The fourth-order valence-corrected chi connectivity index (χ4v) is 3.63. The molecule has 0 amide bonds. The number of halogens is 2. The minimum atomic E-state index is -0.951. The summed E-state index contributed by atoms with van der Waals surface area (Å²) in [6, 6.07) is 16.7. The first-order chi connectivity index (χ1) is 18.5. The fourth-order valence-electron chi connectivity index (χ4n) is 3.55. The largest absolute Gasteiger partial charge is 0.704 e. The van der Waals surface area contributed by atoms with Gasteiger partial charge < -0.3 is 32.2 Å². The molecule has 6 N–H and O–H groups in total. The first-order valence-corrected chi connectivity index (χ1v) is 12.4. The van der Waals surface area contributed by atoms with Crippen LogP contribution >= 0.6 is 12.2 Å². The standard InChI is InChI=1S/C24H23F2N4.C3H5N2S.CH4O.2Y/c25-19-13-21(27)22(14-20(19)26)28-11-5-1-2-8-24-29-15-23(30-24)18-10-9-16-6-3-4-7-17(16)12-18;4-1-2-5-3-6;1-2;;/h3-4,6-7,9-10,12-15H,1-2,5,8,11,27H2,(H,29,30);1-4H,(H,5,6);2H,1H3;;/q2*-1;;;/b;2-1-;;;. The van der Waals surface area contributed by atoms with Crippen LogP contribution in [0.1, 0.15) is 25.1 Å². The first-order valence-electron chi connectivity index (χ1n) is 11.9. The number of nitrogens with one attached hydrogen (secondary N) is 3. The van der Waals surface area contributed by atoms with E-state index in [2.05, 4.69) is 63.2 Å². The van der Waals surface area contributed by atoms with Crippen molar-refractivity contribution in [2.45, 2.75) is 25.7 Å². The molecule has 12 heteroatoms. The molecule has 0 unspecified atom stereocenters. The zero-order valence-electron chi connectivity index (χ0n) is 22.3. The smallest absolute Gasteiger partial charge is 0.160 e. The van der Waals surface area contributed by atoms with Crippen molar-refractivity contribution in [1.82, 2.24) is 15.3 Å². The number of hydrogen-bond donors (Lipinski definition) is 4. The molecule has 208 valence electrons. The van der Waals surface area contributed by atoms with Gasteiger partial charge in [0.05, 0.1) is 17.4 Å². The molecule has 3 aromatic carbocycles. The van der Waals surface area contributed by atoms with Gasteiger partial charge in [-0.05, 0) is 41.6 Å². The molecular weight excluding hydrogens is 684 g/mol. The number of aromatic nitrogens is 2. The van der Waals surface area contributed by atoms with Crippen molar-refractivity contribution < 1.29 is 79.3 Å². The molecule has 0 aliphatic rings. The van der Waals surface area contributed by atoms with Gasteiger partial charge >= 0.3 is 0 Å². The Morgan fingerprint density at radius 2 is 1.73 bits per heavy atom. The summed E-state index contributed by atoms with van der Waals surface area (Å²) < 4.78 is 26.4. The number of hydrogen-bond acceptors (Lipinski definition) is 4. The SMILES string of the molecule is CO.Nc1cc(F)c(F)cc1[N-]CCCCCc1ncc(-c2ccc3ccccc3c2)[nH]1.[NH-]/C=C\NC=S.[Y].[Y]. The van der Waals surface area contributed by atoms with Gasteiger partial charge in [0.25, 0.3) is 0 Å². The molecule has 0 spiro atoms. The van der Waals surface area contributed by atoms with E-state index in [1.54, 1.807) is 0 Å². The number of nitrogens with zero attached hydrogens (tertiary/aromatic N) is 2. The van der Waals surface area contributed by atoms with E-state index in [0.29, 0.717) is 12.2 Å². The molecule has 1 heterocycles. The van der Waals surface area contributed by atoms with Gasteiger partial charge in [0.15, 0.2) is 11.6 Å². The molecule has 0 bridgehead atoms. The van der Waals surface area contributed by atoms with Crippen LogP contribution in [0.15, 0.2) is 73.2 Å². The Hall–Kier alpha value is -1.81. The maximum Gasteiger partial charge on any atom is 0.160 e. The molecule has 2 radical (unpaired) electrons. The average molecular weight is 716 g/mol. The van der Waals surface area contributed by atoms with Crippen LogP contribution in [0, 0.1) is 11.6 Å². The normalized spacial score (nSPS) is 9.80. The number of nitrogens with two attached hydrogens (primary N) is 1. The Labute approximate surface area is 289 Å². The Morgan fingerprint density at radius 1 is 1.02 bits per heavy atom. The van der Waals surface area contributed by atoms with Crippen molar-refractivity contribution in [3.63, 3.8) is 0 Å². The van der Waals surface area contributed by atoms with Gasteiger partial charge in [-0.3, -0.25) is 0 Å². The molecule has 4 rings (SSSR count). The molecule has 0 fully saturated rings. The van der Waals surface area contributed by atoms with Crippen molar-refractivity contribution in [3.8, 4) is 11.3 Å². The minimum Gasteiger partial charge on any atom is -0.704 e. The molecule has 1 aromatic heterocycles. The van der Waals surface area contributed by atoms with Gasteiger partial charge in [-0.15, -0.1) is 12.2 Å². The number of rotatable bonds is 10. The van der Waals surface area contributed by atoms with Gasteiger partial charge in [-0.1, -0.05) is 61.5 Å². The van der Waals surface area contributed by atoms with E-state index in [4.69, 9.17) is 16.6 Å². The average Bonchev–Trinajstić information content (AvgIpc) is 3.42. The number of fused-ring (bicyclic) bond motifs is 1. The second-order valence-electron chi connectivity index (χ2n) is 7.94. The predicted octanol–water partition coefficient (Wildman–Crippen LogP) is 7.17. The molecular formula is C28H32F2N6OSY2-2. The quantitative estimate of drug-likeness (QED) is 0.0788. The van der Waals surface area contributed by atoms with Gasteiger partial charge in [-0.2, -0.15) is 6.20 Å². The number of aliphatic hydroxyl groups excluding tert-OH is 1. The number of aryl methyl sites for hydroxylation is 1. The van der Waals surface area contributed by atoms with E-state index in [1.807, 2.05) is 18.3 Å². The van der Waals surface area contributed by atoms with Crippen LogP contribution in [0.4, 0.5) is 20.2 Å². The zero-order chi connectivity index (χ0) is 27.8. The van der Waals surface area contributed by atoms with Crippen LogP contribution in [-0.4, -0.2) is 34.2 Å². The topological polar surface area (TPSA) is 125 Å². The van der Waals surface area contributed by atoms with Crippen molar-refractivity contribution >= 4 is 39.9 Å². The number of imidazole rings is 1. The molecule has 40 heavy (non-hydrogen) atoms. The third-order valence-electron chi connectivity index (χ3n) is 5.36. The summed E-state index contributed by atoms with van der Waals surface area (Å²) in [5.41, 5.74) is 16.0. The van der Waals surface area contributed by atoms with Gasteiger partial charge in [0.1, 0.15) is 5.82 Å². The van der Waals surface area contributed by atoms with Crippen LogP contribution in [-0.2, 0) is 71.8 Å². The third-order valence-corrected chi connectivity index (χ3v) is 5.50. The third kappa shape index (κ3) is 12.8. The molecule has 0 aliphatic heterocycles. The van der Waals surface area contributed by atoms with Crippen molar-refractivity contribution in [2.24, 2.45) is 0 Å². The van der Waals surface area contributed by atoms with E-state index in [-0.39, 0.29) is 71.1 Å². The Morgan fingerprint density at radius 3 is 2.40 bits per heavy atom. The number of anilines is 1. The molecule has 0 aliphatic carbocycles. The number of benzene rings is 3. The monoisotopic (exact) mass is 716 g/mol. The number of H-pyrrole nitrogens is 1. The van der Waals surface area contributed by atoms with E-state index in [0.717, 1.165) is 68.2 Å². The van der Waals surface area contributed by atoms with Crippen LogP contribution in [0.25, 0.3) is 33.1 Å². The Balaban J connectivity index is 0.00000135. The van der Waals surface area contributed by atoms with E-state index in [9.17, 15) is 8.78 Å². The number of thiocarbonyl (C=S) groups is 1. The summed E-state index contributed by atoms with van der Waals surface area (Å²) in [6.07, 6.45) is 8.06. The number of nitrogen functional groups attached to an aromatic ring is 1. The van der Waals surface area contributed by atoms with Crippen molar-refractivity contribution in [3.05, 3.63) is 102 Å². The maximum atomic E-state index is 13.3. The number of aliphatic hydroxyl groups is 1. The predicted molar refractivity (Wildman–Crippen MR) is 156 cm³/mol. The van der Waals surface area contributed by atoms with Crippen LogP contribution < -0.4 is 11.1 Å². The second kappa shape index (κ2) is 21.9. The summed E-state index contributed by atoms with van der Waals surface area (Å²) in [5.74, 6) is -0.920. The van der Waals surface area contributed by atoms with E-state index >= 15 is 0 Å². The van der Waals surface area contributed by atoms with Gasteiger partial charge in [0, 0.05) is 90.2 Å². The summed E-state index contributed by atoms with van der Waals surface area (Å²) in [5, 5.41) is 16.2. The molecule has 0 saturated carbocycles. The van der Waals surface area contributed by atoms with Gasteiger partial charge in [-0.25, -0.2) is 13.8 Å². The van der Waals surface area contributed by atoms with Crippen molar-refractivity contribution in [2.75, 3.05) is 19.4 Å². The number of aromatic amines is 1. The van der Waals surface area contributed by atoms with Gasteiger partial charge in [0.2, 0.25) is 0 Å². The first kappa shape index (κ1) is 38.2.